The second-order valence-corrected chi connectivity index (χ2v) is 3.23. The lowest BCUT2D eigenvalue weighted by Crippen LogP contribution is -2.07. The summed E-state index contributed by atoms with van der Waals surface area (Å²) in [6, 6.07) is 2.96. The van der Waals surface area contributed by atoms with Crippen molar-refractivity contribution in [3.05, 3.63) is 17.7 Å². The summed E-state index contributed by atoms with van der Waals surface area (Å²) in [6.45, 7) is -2.48. The first-order valence-corrected chi connectivity index (χ1v) is 5.02. The van der Waals surface area contributed by atoms with Gasteiger partial charge < -0.3 is 19.9 Å². The average Bonchev–Trinajstić information content (AvgIpc) is 2.30. The molecule has 0 aliphatic heterocycles. The highest BCUT2D eigenvalue weighted by molar-refractivity contribution is 5.50. The molecule has 0 amide bonds. The molecule has 0 fully saturated rings. The molecule has 1 aromatic carbocycles. The molecule has 0 atom stereocenters. The summed E-state index contributed by atoms with van der Waals surface area (Å²) in [4.78, 5) is 0. The Labute approximate surface area is 98.3 Å². The third kappa shape index (κ3) is 3.45. The van der Waals surface area contributed by atoms with Gasteiger partial charge in [-0.15, -0.1) is 0 Å². The van der Waals surface area contributed by atoms with Crippen molar-refractivity contribution < 1.29 is 23.0 Å². The Balaban J connectivity index is 3.12. The zero-order valence-corrected chi connectivity index (χ0v) is 9.70. The molecule has 0 unspecified atom stereocenters. The molecule has 0 saturated carbocycles. The van der Waals surface area contributed by atoms with Crippen LogP contribution in [-0.2, 0) is 6.42 Å². The molecule has 0 spiro atoms. The Kier molecular flexibility index (Phi) is 4.96. The van der Waals surface area contributed by atoms with Crippen molar-refractivity contribution in [1.82, 2.24) is 0 Å². The molecule has 0 aliphatic carbocycles. The molecular formula is C11H15F2NO3. The van der Waals surface area contributed by atoms with E-state index in [2.05, 4.69) is 4.74 Å². The Hall–Kier alpha value is -1.56. The Bertz CT molecular complexity index is 372. The minimum absolute atomic E-state index is 0.0554. The summed E-state index contributed by atoms with van der Waals surface area (Å²) in [5, 5.41) is 0. The fourth-order valence-corrected chi connectivity index (χ4v) is 1.47. The molecule has 1 rings (SSSR count). The SMILES string of the molecule is COc1cc(OC(F)F)c(OC)cc1CCN. The van der Waals surface area contributed by atoms with E-state index < -0.39 is 6.61 Å². The van der Waals surface area contributed by atoms with Gasteiger partial charge in [-0.25, -0.2) is 0 Å². The van der Waals surface area contributed by atoms with Gasteiger partial charge in [0.15, 0.2) is 11.5 Å². The summed E-state index contributed by atoms with van der Waals surface area (Å²) in [7, 11) is 2.83. The molecule has 0 aromatic heterocycles. The van der Waals surface area contributed by atoms with Crippen LogP contribution in [0.4, 0.5) is 8.78 Å². The molecule has 6 heteroatoms. The van der Waals surface area contributed by atoms with Crippen LogP contribution in [-0.4, -0.2) is 27.4 Å². The molecule has 0 aliphatic rings. The highest BCUT2D eigenvalue weighted by atomic mass is 19.3. The average molecular weight is 247 g/mol. The van der Waals surface area contributed by atoms with E-state index in [9.17, 15) is 8.78 Å². The van der Waals surface area contributed by atoms with Gasteiger partial charge in [-0.2, -0.15) is 8.78 Å². The second-order valence-electron chi connectivity index (χ2n) is 3.23. The van der Waals surface area contributed by atoms with Crippen molar-refractivity contribution in [3.63, 3.8) is 0 Å². The number of hydrogen-bond donors (Lipinski definition) is 1. The molecule has 0 radical (unpaired) electrons. The van der Waals surface area contributed by atoms with E-state index in [0.29, 0.717) is 18.7 Å². The van der Waals surface area contributed by atoms with Crippen molar-refractivity contribution in [3.8, 4) is 17.2 Å². The van der Waals surface area contributed by atoms with Gasteiger partial charge in [0.2, 0.25) is 0 Å². The molecule has 17 heavy (non-hydrogen) atoms. The van der Waals surface area contributed by atoms with E-state index in [1.807, 2.05) is 0 Å². The van der Waals surface area contributed by atoms with Crippen molar-refractivity contribution in [2.24, 2.45) is 5.73 Å². The maximum absolute atomic E-state index is 12.2. The fourth-order valence-electron chi connectivity index (χ4n) is 1.47. The molecular weight excluding hydrogens is 232 g/mol. The van der Waals surface area contributed by atoms with Crippen LogP contribution >= 0.6 is 0 Å². The first-order chi connectivity index (χ1) is 8.12. The number of hydrogen-bond acceptors (Lipinski definition) is 4. The lowest BCUT2D eigenvalue weighted by molar-refractivity contribution is -0.0513. The number of rotatable bonds is 6. The topological polar surface area (TPSA) is 53.7 Å². The number of ether oxygens (including phenoxy) is 3. The van der Waals surface area contributed by atoms with Crippen LogP contribution in [0.25, 0.3) is 0 Å². The summed E-state index contributed by atoms with van der Waals surface area (Å²) in [5.41, 5.74) is 6.23. The molecule has 0 heterocycles. The summed E-state index contributed by atoms with van der Waals surface area (Å²) in [6.07, 6.45) is 0.564. The molecule has 4 nitrogen and oxygen atoms in total. The molecule has 0 bridgehead atoms. The van der Waals surface area contributed by atoms with Crippen LogP contribution in [0, 0.1) is 0 Å². The minimum Gasteiger partial charge on any atom is -0.496 e. The van der Waals surface area contributed by atoms with Crippen LogP contribution in [0.5, 0.6) is 17.2 Å². The van der Waals surface area contributed by atoms with Gasteiger partial charge in [0, 0.05) is 6.07 Å². The minimum atomic E-state index is -2.91. The van der Waals surface area contributed by atoms with Gasteiger partial charge in [-0.3, -0.25) is 0 Å². The van der Waals surface area contributed by atoms with Crippen LogP contribution < -0.4 is 19.9 Å². The number of alkyl halides is 2. The van der Waals surface area contributed by atoms with Crippen molar-refractivity contribution in [2.75, 3.05) is 20.8 Å². The van der Waals surface area contributed by atoms with Crippen molar-refractivity contribution in [2.45, 2.75) is 13.0 Å². The molecule has 0 saturated heterocycles. The van der Waals surface area contributed by atoms with Gasteiger partial charge in [-0.05, 0) is 24.6 Å². The van der Waals surface area contributed by atoms with Crippen molar-refractivity contribution in [1.29, 1.82) is 0 Å². The lowest BCUT2D eigenvalue weighted by Gasteiger charge is -2.14. The number of methoxy groups -OCH3 is 2. The third-order valence-corrected chi connectivity index (χ3v) is 2.20. The van der Waals surface area contributed by atoms with E-state index in [-0.39, 0.29) is 11.5 Å². The van der Waals surface area contributed by atoms with Crippen LogP contribution in [0.3, 0.4) is 0 Å². The van der Waals surface area contributed by atoms with Gasteiger partial charge in [0.25, 0.3) is 0 Å². The number of halogens is 2. The smallest absolute Gasteiger partial charge is 0.387 e. The highest BCUT2D eigenvalue weighted by Crippen LogP contribution is 2.35. The molecule has 1 aromatic rings. The zero-order chi connectivity index (χ0) is 12.8. The maximum Gasteiger partial charge on any atom is 0.387 e. The van der Waals surface area contributed by atoms with E-state index >= 15 is 0 Å². The van der Waals surface area contributed by atoms with E-state index in [4.69, 9.17) is 15.2 Å². The first kappa shape index (κ1) is 13.5. The van der Waals surface area contributed by atoms with E-state index in [1.165, 1.54) is 20.3 Å². The number of benzene rings is 1. The normalized spacial score (nSPS) is 10.5. The van der Waals surface area contributed by atoms with Gasteiger partial charge in [-0.1, -0.05) is 0 Å². The van der Waals surface area contributed by atoms with Gasteiger partial charge in [0.05, 0.1) is 14.2 Å². The third-order valence-electron chi connectivity index (χ3n) is 2.20. The fraction of sp³-hybridized carbons (Fsp3) is 0.455. The maximum atomic E-state index is 12.2. The van der Waals surface area contributed by atoms with E-state index in [1.54, 1.807) is 6.07 Å². The first-order valence-electron chi connectivity index (χ1n) is 5.02. The lowest BCUT2D eigenvalue weighted by atomic mass is 10.1. The zero-order valence-electron chi connectivity index (χ0n) is 9.70. The van der Waals surface area contributed by atoms with Crippen molar-refractivity contribution >= 4 is 0 Å². The Morgan fingerprint density at radius 2 is 1.76 bits per heavy atom. The standard InChI is InChI=1S/C11H15F2NO3/c1-15-8-6-10(17-11(12)13)9(16-2)5-7(8)3-4-14/h5-6,11H,3-4,14H2,1-2H3. The summed E-state index contributed by atoms with van der Waals surface area (Å²) < 4.78 is 38.8. The van der Waals surface area contributed by atoms with Crippen LogP contribution in [0.2, 0.25) is 0 Å². The largest absolute Gasteiger partial charge is 0.496 e. The molecule has 96 valence electrons. The molecule has 2 N–H and O–H groups in total. The van der Waals surface area contributed by atoms with Crippen LogP contribution in [0.15, 0.2) is 12.1 Å². The Morgan fingerprint density at radius 3 is 2.24 bits per heavy atom. The Morgan fingerprint density at radius 1 is 1.12 bits per heavy atom. The summed E-state index contributed by atoms with van der Waals surface area (Å²) >= 11 is 0. The number of nitrogens with two attached hydrogens (primary N) is 1. The predicted octanol–water partition coefficient (Wildman–Crippen LogP) is 1.81. The highest BCUT2D eigenvalue weighted by Gasteiger charge is 2.15. The second kappa shape index (κ2) is 6.24. The van der Waals surface area contributed by atoms with Gasteiger partial charge in [0.1, 0.15) is 5.75 Å². The van der Waals surface area contributed by atoms with Gasteiger partial charge >= 0.3 is 6.61 Å². The monoisotopic (exact) mass is 247 g/mol. The van der Waals surface area contributed by atoms with Crippen LogP contribution in [0.1, 0.15) is 5.56 Å². The quantitative estimate of drug-likeness (QED) is 0.832. The predicted molar refractivity (Wildman–Crippen MR) is 58.9 cm³/mol. The summed E-state index contributed by atoms with van der Waals surface area (Å²) in [5.74, 6) is 0.626. The van der Waals surface area contributed by atoms with E-state index in [0.717, 1.165) is 5.56 Å².